The van der Waals surface area contributed by atoms with E-state index >= 15 is 0 Å². The first-order chi connectivity index (χ1) is 11.1. The zero-order valence-corrected chi connectivity index (χ0v) is 14.9. The van der Waals surface area contributed by atoms with Gasteiger partial charge in [0.1, 0.15) is 0 Å². The number of thioether (sulfide) groups is 1. The van der Waals surface area contributed by atoms with Crippen LogP contribution in [0, 0.1) is 11.8 Å². The van der Waals surface area contributed by atoms with Crippen molar-refractivity contribution < 1.29 is 9.84 Å². The van der Waals surface area contributed by atoms with Crippen LogP contribution in [0.3, 0.4) is 0 Å². The van der Waals surface area contributed by atoms with Crippen molar-refractivity contribution in [2.24, 2.45) is 16.8 Å². The Morgan fingerprint density at radius 3 is 2.70 bits per heavy atom. The average Bonchev–Trinajstić information content (AvgIpc) is 2.98. The van der Waals surface area contributed by atoms with E-state index in [0.717, 1.165) is 11.6 Å². The predicted molar refractivity (Wildman–Crippen MR) is 95.7 cm³/mol. The molecule has 3 rings (SSSR count). The Kier molecular flexibility index (Phi) is 5.29. The summed E-state index contributed by atoms with van der Waals surface area (Å²) >= 11 is 1.83. The van der Waals surface area contributed by atoms with Crippen LogP contribution in [0.25, 0.3) is 0 Å². The summed E-state index contributed by atoms with van der Waals surface area (Å²) in [6.45, 7) is 3.03. The van der Waals surface area contributed by atoms with Crippen LogP contribution in [0.2, 0.25) is 0 Å². The summed E-state index contributed by atoms with van der Waals surface area (Å²) in [4.78, 5) is 7.00. The molecule has 0 radical (unpaired) electrons. The number of hydrogen-bond acceptors (Lipinski definition) is 5. The van der Waals surface area contributed by atoms with Crippen LogP contribution in [0.5, 0.6) is 0 Å². The first-order valence-electron chi connectivity index (χ1n) is 8.28. The summed E-state index contributed by atoms with van der Waals surface area (Å²) in [6.07, 6.45) is 1.08. The van der Waals surface area contributed by atoms with E-state index in [2.05, 4.69) is 24.0 Å². The molecule has 0 saturated heterocycles. The van der Waals surface area contributed by atoms with Crippen LogP contribution >= 0.6 is 11.8 Å². The number of aliphatic hydroxyl groups excluding tert-OH is 1. The minimum atomic E-state index is 0.0658. The monoisotopic (exact) mass is 334 g/mol. The molecule has 1 aromatic carbocycles. The fourth-order valence-electron chi connectivity index (χ4n) is 3.49. The van der Waals surface area contributed by atoms with E-state index in [0.29, 0.717) is 23.7 Å². The number of aliphatic hydroxyl groups is 1. The molecule has 1 heterocycles. The fourth-order valence-corrected chi connectivity index (χ4v) is 4.85. The van der Waals surface area contributed by atoms with Crippen molar-refractivity contribution in [3.8, 4) is 0 Å². The Bertz CT molecular complexity index is 549. The third-order valence-electron chi connectivity index (χ3n) is 4.93. The number of ether oxygens (including phenoxy) is 1. The summed E-state index contributed by atoms with van der Waals surface area (Å²) < 4.78 is 6.31. The molecule has 5 heteroatoms. The van der Waals surface area contributed by atoms with E-state index in [1.165, 1.54) is 5.56 Å². The lowest BCUT2D eigenvalue weighted by molar-refractivity contribution is -0.0537. The maximum absolute atomic E-state index is 9.75. The van der Waals surface area contributed by atoms with E-state index in [1.807, 2.05) is 44.1 Å². The molecule has 1 aliphatic heterocycles. The quantitative estimate of drug-likeness (QED) is 0.919. The largest absolute Gasteiger partial charge is 0.396 e. The van der Waals surface area contributed by atoms with Gasteiger partial charge in [-0.1, -0.05) is 49.0 Å². The van der Waals surface area contributed by atoms with E-state index in [4.69, 9.17) is 9.73 Å². The maximum atomic E-state index is 9.75. The first-order valence-corrected chi connectivity index (χ1v) is 9.16. The van der Waals surface area contributed by atoms with E-state index in [1.54, 1.807) is 0 Å². The lowest BCUT2D eigenvalue weighted by atomic mass is 9.76. The van der Waals surface area contributed by atoms with Crippen LogP contribution < -0.4 is 0 Å². The smallest absolute Gasteiger partial charge is 0.159 e. The zero-order valence-electron chi connectivity index (χ0n) is 14.1. The van der Waals surface area contributed by atoms with Gasteiger partial charge in [0.2, 0.25) is 0 Å². The third-order valence-corrected chi connectivity index (χ3v) is 6.39. The molecule has 0 bridgehead atoms. The highest BCUT2D eigenvalue weighted by molar-refractivity contribution is 8.14. The number of hydrogen-bond donors (Lipinski definition) is 1. The van der Waals surface area contributed by atoms with Crippen LogP contribution in [0.1, 0.15) is 18.9 Å². The Morgan fingerprint density at radius 1 is 1.30 bits per heavy atom. The molecule has 23 heavy (non-hydrogen) atoms. The lowest BCUT2D eigenvalue weighted by Gasteiger charge is -2.41. The Labute approximate surface area is 142 Å². The molecular weight excluding hydrogens is 308 g/mol. The molecule has 126 valence electrons. The Balaban J connectivity index is 1.76. The molecular formula is C18H26N2O2S. The molecule has 1 aromatic rings. The van der Waals surface area contributed by atoms with Gasteiger partial charge in [-0.05, 0) is 23.8 Å². The summed E-state index contributed by atoms with van der Waals surface area (Å²) in [5.41, 5.74) is 1.19. The predicted octanol–water partition coefficient (Wildman–Crippen LogP) is 2.62. The standard InChI is InChI=1S/C18H26N2O2S/c1-12-14(10-21)9-15-16(19-18(23-15)20(2)3)17(12)22-11-13-7-5-4-6-8-13/h4-8,12,14-17,21H,9-11H2,1-3H3/t12-,14-,15+,16+,17+/m1/s1. The molecule has 0 aromatic heterocycles. The van der Waals surface area contributed by atoms with Gasteiger partial charge in [-0.25, -0.2) is 0 Å². The molecule has 1 fully saturated rings. The van der Waals surface area contributed by atoms with Crippen molar-refractivity contribution >= 4 is 16.9 Å². The second-order valence-electron chi connectivity index (χ2n) is 6.75. The van der Waals surface area contributed by atoms with Gasteiger partial charge < -0.3 is 14.7 Å². The van der Waals surface area contributed by atoms with Crippen molar-refractivity contribution in [2.45, 2.75) is 37.3 Å². The number of amidine groups is 1. The first kappa shape index (κ1) is 16.8. The topological polar surface area (TPSA) is 45.1 Å². The van der Waals surface area contributed by atoms with Crippen molar-refractivity contribution in [1.29, 1.82) is 0 Å². The average molecular weight is 334 g/mol. The van der Waals surface area contributed by atoms with Crippen molar-refractivity contribution in [1.82, 2.24) is 4.90 Å². The maximum Gasteiger partial charge on any atom is 0.159 e. The van der Waals surface area contributed by atoms with Crippen molar-refractivity contribution in [2.75, 3.05) is 20.7 Å². The molecule has 0 amide bonds. The SMILES string of the molecule is C[C@@H]1[C@@H](CO)C[C@@H]2SC(N(C)C)=N[C@@H]2[C@H]1OCc1ccccc1. The highest BCUT2D eigenvalue weighted by Crippen LogP contribution is 2.44. The summed E-state index contributed by atoms with van der Waals surface area (Å²) in [7, 11) is 4.08. The summed E-state index contributed by atoms with van der Waals surface area (Å²) in [5, 5.41) is 11.2. The van der Waals surface area contributed by atoms with Crippen LogP contribution in [0.4, 0.5) is 0 Å². The summed E-state index contributed by atoms with van der Waals surface area (Å²) in [5.74, 6) is 0.608. The number of benzene rings is 1. The van der Waals surface area contributed by atoms with Gasteiger partial charge >= 0.3 is 0 Å². The van der Waals surface area contributed by atoms with E-state index < -0.39 is 0 Å². The highest BCUT2D eigenvalue weighted by Gasteiger charge is 2.47. The van der Waals surface area contributed by atoms with Gasteiger partial charge in [0.25, 0.3) is 0 Å². The van der Waals surface area contributed by atoms with Gasteiger partial charge in [-0.15, -0.1) is 0 Å². The molecule has 0 unspecified atom stereocenters. The van der Waals surface area contributed by atoms with Crippen LogP contribution in [0.15, 0.2) is 35.3 Å². The highest BCUT2D eigenvalue weighted by atomic mass is 32.2. The molecule has 2 aliphatic rings. The van der Waals surface area contributed by atoms with Crippen molar-refractivity contribution in [3.05, 3.63) is 35.9 Å². The van der Waals surface area contributed by atoms with E-state index in [-0.39, 0.29) is 18.8 Å². The summed E-state index contributed by atoms with van der Waals surface area (Å²) in [6, 6.07) is 10.5. The van der Waals surface area contributed by atoms with Gasteiger partial charge in [-0.2, -0.15) is 0 Å². The minimum Gasteiger partial charge on any atom is -0.396 e. The van der Waals surface area contributed by atoms with Gasteiger partial charge in [0.05, 0.1) is 18.8 Å². The van der Waals surface area contributed by atoms with Crippen LogP contribution in [-0.4, -0.2) is 53.3 Å². The molecule has 4 nitrogen and oxygen atoms in total. The fraction of sp³-hybridized carbons (Fsp3) is 0.611. The molecule has 5 atom stereocenters. The molecule has 1 N–H and O–H groups in total. The van der Waals surface area contributed by atoms with Gasteiger partial charge in [0.15, 0.2) is 5.17 Å². The molecule has 0 spiro atoms. The molecule has 1 saturated carbocycles. The second-order valence-corrected chi connectivity index (χ2v) is 7.96. The second kappa shape index (κ2) is 7.24. The Morgan fingerprint density at radius 2 is 2.04 bits per heavy atom. The normalized spacial score (nSPS) is 33.2. The number of nitrogens with zero attached hydrogens (tertiary/aromatic N) is 2. The molecule has 1 aliphatic carbocycles. The third kappa shape index (κ3) is 3.57. The van der Waals surface area contributed by atoms with Gasteiger partial charge in [0, 0.05) is 26.0 Å². The van der Waals surface area contributed by atoms with Crippen molar-refractivity contribution in [3.63, 3.8) is 0 Å². The van der Waals surface area contributed by atoms with E-state index in [9.17, 15) is 5.11 Å². The number of aliphatic imine (C=N–C) groups is 1. The Hall–Kier alpha value is -1.04. The number of fused-ring (bicyclic) bond motifs is 1. The zero-order chi connectivity index (χ0) is 16.4. The lowest BCUT2D eigenvalue weighted by Crippen LogP contribution is -2.48. The van der Waals surface area contributed by atoms with Gasteiger partial charge in [-0.3, -0.25) is 4.99 Å². The van der Waals surface area contributed by atoms with Crippen LogP contribution in [-0.2, 0) is 11.3 Å². The minimum absolute atomic E-state index is 0.0658. The number of rotatable bonds is 4.